The highest BCUT2D eigenvalue weighted by atomic mass is 16.2. The molecule has 0 spiro atoms. The average molecular weight is 322 g/mol. The molecule has 0 radical (unpaired) electrons. The zero-order chi connectivity index (χ0) is 17.0. The van der Waals surface area contributed by atoms with Gasteiger partial charge >= 0.3 is 0 Å². The van der Waals surface area contributed by atoms with E-state index in [1.807, 2.05) is 20.2 Å². The first-order valence-corrected chi connectivity index (χ1v) is 8.68. The Bertz CT molecular complexity index is 688. The SMILES string of the molecule is CN(C)C(=O)C1(Cc2ccccc2-c2ccccc2)CCNCC1. The molecule has 3 rings (SSSR count). The summed E-state index contributed by atoms with van der Waals surface area (Å²) < 4.78 is 0. The fourth-order valence-electron chi connectivity index (χ4n) is 3.78. The number of piperidine rings is 1. The number of carbonyl (C=O) groups excluding carboxylic acids is 1. The maximum absolute atomic E-state index is 13.0. The molecule has 3 nitrogen and oxygen atoms in total. The van der Waals surface area contributed by atoms with E-state index in [1.54, 1.807) is 4.90 Å². The molecule has 0 aliphatic carbocycles. The van der Waals surface area contributed by atoms with Gasteiger partial charge in [-0.2, -0.15) is 0 Å². The van der Waals surface area contributed by atoms with Crippen molar-refractivity contribution < 1.29 is 4.79 Å². The van der Waals surface area contributed by atoms with Crippen LogP contribution in [0.3, 0.4) is 0 Å². The van der Waals surface area contributed by atoms with Crippen LogP contribution >= 0.6 is 0 Å². The van der Waals surface area contributed by atoms with E-state index in [2.05, 4.69) is 53.8 Å². The molecule has 1 aliphatic heterocycles. The van der Waals surface area contributed by atoms with Crippen LogP contribution in [0.2, 0.25) is 0 Å². The molecule has 0 bridgehead atoms. The van der Waals surface area contributed by atoms with Crippen molar-refractivity contribution >= 4 is 5.91 Å². The predicted molar refractivity (Wildman–Crippen MR) is 98.8 cm³/mol. The number of benzene rings is 2. The second-order valence-electron chi connectivity index (χ2n) is 6.93. The van der Waals surface area contributed by atoms with E-state index in [1.165, 1.54) is 16.7 Å². The van der Waals surface area contributed by atoms with E-state index in [4.69, 9.17) is 0 Å². The summed E-state index contributed by atoms with van der Waals surface area (Å²) in [7, 11) is 3.74. The molecule has 1 heterocycles. The lowest BCUT2D eigenvalue weighted by molar-refractivity contribution is -0.141. The third-order valence-corrected chi connectivity index (χ3v) is 5.05. The van der Waals surface area contributed by atoms with Crippen molar-refractivity contribution in [3.8, 4) is 11.1 Å². The van der Waals surface area contributed by atoms with Crippen LogP contribution < -0.4 is 5.32 Å². The van der Waals surface area contributed by atoms with Gasteiger partial charge in [-0.3, -0.25) is 4.79 Å². The van der Waals surface area contributed by atoms with E-state index >= 15 is 0 Å². The van der Waals surface area contributed by atoms with Crippen LogP contribution in [0.1, 0.15) is 18.4 Å². The molecule has 2 aromatic rings. The van der Waals surface area contributed by atoms with Crippen LogP contribution in [-0.2, 0) is 11.2 Å². The van der Waals surface area contributed by atoms with E-state index in [9.17, 15) is 4.79 Å². The molecule has 0 saturated carbocycles. The van der Waals surface area contributed by atoms with Crippen LogP contribution in [0.25, 0.3) is 11.1 Å². The number of nitrogens with one attached hydrogen (secondary N) is 1. The molecule has 1 saturated heterocycles. The predicted octanol–water partition coefficient (Wildman–Crippen LogP) is 3.35. The molecule has 0 atom stereocenters. The summed E-state index contributed by atoms with van der Waals surface area (Å²) in [6, 6.07) is 19.0. The summed E-state index contributed by atoms with van der Waals surface area (Å²) in [4.78, 5) is 14.7. The minimum Gasteiger partial charge on any atom is -0.348 e. The summed E-state index contributed by atoms with van der Waals surface area (Å²) in [5.41, 5.74) is 3.43. The molecule has 0 aromatic heterocycles. The largest absolute Gasteiger partial charge is 0.348 e. The molecule has 126 valence electrons. The van der Waals surface area contributed by atoms with Gasteiger partial charge in [0.2, 0.25) is 5.91 Å². The maximum Gasteiger partial charge on any atom is 0.228 e. The van der Waals surface area contributed by atoms with Crippen molar-refractivity contribution in [1.29, 1.82) is 0 Å². The summed E-state index contributed by atoms with van der Waals surface area (Å²) in [6.07, 6.45) is 2.59. The van der Waals surface area contributed by atoms with E-state index in [-0.39, 0.29) is 11.3 Å². The van der Waals surface area contributed by atoms with E-state index in [0.29, 0.717) is 0 Å². The van der Waals surface area contributed by atoms with Crippen LogP contribution in [0.5, 0.6) is 0 Å². The molecule has 1 fully saturated rings. The Labute approximate surface area is 144 Å². The Kier molecular flexibility index (Phi) is 5.00. The van der Waals surface area contributed by atoms with Gasteiger partial charge in [0, 0.05) is 14.1 Å². The number of carbonyl (C=O) groups is 1. The lowest BCUT2D eigenvalue weighted by Gasteiger charge is -2.38. The van der Waals surface area contributed by atoms with Gasteiger partial charge in [0.1, 0.15) is 0 Å². The summed E-state index contributed by atoms with van der Waals surface area (Å²) in [5.74, 6) is 0.256. The lowest BCUT2D eigenvalue weighted by atomic mass is 9.72. The van der Waals surface area contributed by atoms with Crippen molar-refractivity contribution in [2.75, 3.05) is 27.2 Å². The van der Waals surface area contributed by atoms with Crippen LogP contribution in [0.15, 0.2) is 54.6 Å². The molecule has 0 unspecified atom stereocenters. The number of nitrogens with zero attached hydrogens (tertiary/aromatic N) is 1. The van der Waals surface area contributed by atoms with Crippen LogP contribution in [-0.4, -0.2) is 38.0 Å². The first-order chi connectivity index (χ1) is 11.6. The fraction of sp³-hybridized carbons (Fsp3) is 0.381. The van der Waals surface area contributed by atoms with Gasteiger partial charge < -0.3 is 10.2 Å². The van der Waals surface area contributed by atoms with Crippen molar-refractivity contribution in [1.82, 2.24) is 10.2 Å². The fourth-order valence-corrected chi connectivity index (χ4v) is 3.78. The number of rotatable bonds is 4. The number of hydrogen-bond donors (Lipinski definition) is 1. The molecule has 1 aliphatic rings. The van der Waals surface area contributed by atoms with Crippen molar-refractivity contribution in [3.05, 3.63) is 60.2 Å². The molecule has 1 amide bonds. The van der Waals surface area contributed by atoms with Crippen LogP contribution in [0, 0.1) is 5.41 Å². The van der Waals surface area contributed by atoms with Gasteiger partial charge in [-0.25, -0.2) is 0 Å². The standard InChI is InChI=1S/C21H26N2O/c1-23(2)20(24)21(12-14-22-15-13-21)16-18-10-6-7-11-19(18)17-8-4-3-5-9-17/h3-11,22H,12-16H2,1-2H3. The Hall–Kier alpha value is -2.13. The molecular weight excluding hydrogens is 296 g/mol. The van der Waals surface area contributed by atoms with Crippen molar-refractivity contribution in [3.63, 3.8) is 0 Å². The molecule has 24 heavy (non-hydrogen) atoms. The molecule has 2 aromatic carbocycles. The lowest BCUT2D eigenvalue weighted by Crippen LogP contribution is -2.48. The average Bonchev–Trinajstić information content (AvgIpc) is 2.63. The second-order valence-corrected chi connectivity index (χ2v) is 6.93. The minimum absolute atomic E-state index is 0.256. The molecular formula is C21H26N2O. The Morgan fingerprint density at radius 3 is 2.29 bits per heavy atom. The summed E-state index contributed by atoms with van der Waals surface area (Å²) >= 11 is 0. The topological polar surface area (TPSA) is 32.3 Å². The highest BCUT2D eigenvalue weighted by molar-refractivity contribution is 5.83. The monoisotopic (exact) mass is 322 g/mol. The minimum atomic E-state index is -0.292. The van der Waals surface area contributed by atoms with Crippen LogP contribution in [0.4, 0.5) is 0 Å². The zero-order valence-corrected chi connectivity index (χ0v) is 14.6. The van der Waals surface area contributed by atoms with Gasteiger partial charge in [-0.1, -0.05) is 54.6 Å². The van der Waals surface area contributed by atoms with Gasteiger partial charge in [-0.05, 0) is 49.0 Å². The highest BCUT2D eigenvalue weighted by Crippen LogP contribution is 2.37. The van der Waals surface area contributed by atoms with Gasteiger partial charge in [0.25, 0.3) is 0 Å². The summed E-state index contributed by atoms with van der Waals surface area (Å²) in [6.45, 7) is 1.82. The summed E-state index contributed by atoms with van der Waals surface area (Å²) in [5, 5.41) is 3.39. The van der Waals surface area contributed by atoms with Gasteiger partial charge in [0.05, 0.1) is 5.41 Å². The third kappa shape index (κ3) is 3.36. The smallest absolute Gasteiger partial charge is 0.228 e. The van der Waals surface area contributed by atoms with Crippen molar-refractivity contribution in [2.24, 2.45) is 5.41 Å². The maximum atomic E-state index is 13.0. The number of hydrogen-bond acceptors (Lipinski definition) is 2. The van der Waals surface area contributed by atoms with Gasteiger partial charge in [0.15, 0.2) is 0 Å². The normalized spacial score (nSPS) is 16.6. The Balaban J connectivity index is 1.98. The Morgan fingerprint density at radius 1 is 1.00 bits per heavy atom. The molecule has 3 heteroatoms. The van der Waals surface area contributed by atoms with E-state index < -0.39 is 0 Å². The first kappa shape index (κ1) is 16.7. The second kappa shape index (κ2) is 7.18. The quantitative estimate of drug-likeness (QED) is 0.936. The first-order valence-electron chi connectivity index (χ1n) is 8.68. The number of amides is 1. The van der Waals surface area contributed by atoms with E-state index in [0.717, 1.165) is 32.4 Å². The highest BCUT2D eigenvalue weighted by Gasteiger charge is 2.40. The van der Waals surface area contributed by atoms with Crippen molar-refractivity contribution in [2.45, 2.75) is 19.3 Å². The Morgan fingerprint density at radius 2 is 1.62 bits per heavy atom. The zero-order valence-electron chi connectivity index (χ0n) is 14.6. The third-order valence-electron chi connectivity index (χ3n) is 5.05. The molecule has 1 N–H and O–H groups in total. The van der Waals surface area contributed by atoms with Gasteiger partial charge in [-0.15, -0.1) is 0 Å².